The van der Waals surface area contributed by atoms with Gasteiger partial charge in [-0.3, -0.25) is 14.6 Å². The first-order valence-corrected chi connectivity index (χ1v) is 9.63. The summed E-state index contributed by atoms with van der Waals surface area (Å²) in [5.41, 5.74) is 0.656. The van der Waals surface area contributed by atoms with Crippen molar-refractivity contribution >= 4 is 41.8 Å². The Balaban J connectivity index is 0.00000729. The maximum Gasteiger partial charge on any atom is 0.251 e. The Bertz CT molecular complexity index is 606. The highest BCUT2D eigenvalue weighted by molar-refractivity contribution is 14.0. The third-order valence-corrected chi connectivity index (χ3v) is 4.10. The van der Waals surface area contributed by atoms with E-state index in [0.717, 1.165) is 13.0 Å². The van der Waals surface area contributed by atoms with Gasteiger partial charge in [0.2, 0.25) is 5.91 Å². The van der Waals surface area contributed by atoms with Crippen LogP contribution < -0.4 is 10.6 Å². The molecule has 0 heterocycles. The number of benzene rings is 1. The van der Waals surface area contributed by atoms with E-state index in [-0.39, 0.29) is 42.3 Å². The molecule has 8 heteroatoms. The molecule has 0 saturated heterocycles. The van der Waals surface area contributed by atoms with Crippen LogP contribution in [-0.4, -0.2) is 73.9 Å². The Kier molecular flexibility index (Phi) is 14.1. The van der Waals surface area contributed by atoms with Crippen molar-refractivity contribution in [2.24, 2.45) is 4.99 Å². The molecule has 2 amide bonds. The summed E-state index contributed by atoms with van der Waals surface area (Å²) in [5, 5.41) is 6.10. The molecule has 0 saturated carbocycles. The Morgan fingerprint density at radius 3 is 2.25 bits per heavy atom. The van der Waals surface area contributed by atoms with E-state index >= 15 is 0 Å². The number of aliphatic imine (C=N–C) groups is 1. The number of rotatable bonds is 10. The molecular weight excluding hydrogens is 469 g/mol. The number of nitrogens with zero attached hydrogens (tertiary/aromatic N) is 3. The summed E-state index contributed by atoms with van der Waals surface area (Å²) < 4.78 is 0. The lowest BCUT2D eigenvalue weighted by atomic mass is 10.2. The maximum atomic E-state index is 12.3. The zero-order valence-electron chi connectivity index (χ0n) is 17.4. The van der Waals surface area contributed by atoms with Crippen molar-refractivity contribution in [1.82, 2.24) is 20.4 Å². The molecule has 158 valence electrons. The summed E-state index contributed by atoms with van der Waals surface area (Å²) in [6, 6.07) is 9.15. The standard InChI is InChI=1S/C20H33N5O2.HI/c1-5-21-20(24(4)16-18(26)25(6-2)7-3)23-15-11-14-22-19(27)17-12-9-8-10-13-17;/h8-10,12-13H,5-7,11,14-16H2,1-4H3,(H,21,23)(H,22,27);1H. The van der Waals surface area contributed by atoms with Crippen molar-refractivity contribution in [2.45, 2.75) is 27.2 Å². The van der Waals surface area contributed by atoms with E-state index in [4.69, 9.17) is 0 Å². The first kappa shape index (κ1) is 26.2. The van der Waals surface area contributed by atoms with Gasteiger partial charge in [-0.05, 0) is 39.3 Å². The van der Waals surface area contributed by atoms with Crippen molar-refractivity contribution in [3.8, 4) is 0 Å². The van der Waals surface area contributed by atoms with E-state index in [0.29, 0.717) is 37.7 Å². The van der Waals surface area contributed by atoms with Gasteiger partial charge in [0.15, 0.2) is 5.96 Å². The molecule has 1 aromatic carbocycles. The van der Waals surface area contributed by atoms with E-state index < -0.39 is 0 Å². The molecule has 0 aromatic heterocycles. The van der Waals surface area contributed by atoms with Crippen LogP contribution in [0.15, 0.2) is 35.3 Å². The monoisotopic (exact) mass is 503 g/mol. The van der Waals surface area contributed by atoms with Gasteiger partial charge in [-0.1, -0.05) is 18.2 Å². The van der Waals surface area contributed by atoms with Crippen LogP contribution in [-0.2, 0) is 4.79 Å². The highest BCUT2D eigenvalue weighted by Gasteiger charge is 2.14. The van der Waals surface area contributed by atoms with E-state index in [2.05, 4.69) is 15.6 Å². The number of carbonyl (C=O) groups excluding carboxylic acids is 2. The second-order valence-electron chi connectivity index (χ2n) is 6.13. The summed E-state index contributed by atoms with van der Waals surface area (Å²) in [5.74, 6) is 0.712. The molecule has 0 unspecified atom stereocenters. The van der Waals surface area contributed by atoms with Gasteiger partial charge in [-0.2, -0.15) is 0 Å². The second kappa shape index (κ2) is 15.1. The number of hydrogen-bond acceptors (Lipinski definition) is 3. The molecule has 0 radical (unpaired) electrons. The fourth-order valence-corrected chi connectivity index (χ4v) is 2.58. The molecule has 1 aromatic rings. The van der Waals surface area contributed by atoms with Crippen LogP contribution in [0.25, 0.3) is 0 Å². The van der Waals surface area contributed by atoms with Crippen LogP contribution in [0, 0.1) is 0 Å². The molecule has 0 fully saturated rings. The summed E-state index contributed by atoms with van der Waals surface area (Å²) in [6.07, 6.45) is 0.727. The fourth-order valence-electron chi connectivity index (χ4n) is 2.58. The molecule has 0 aliphatic carbocycles. The van der Waals surface area contributed by atoms with Crippen LogP contribution in [0.1, 0.15) is 37.6 Å². The molecule has 0 bridgehead atoms. The van der Waals surface area contributed by atoms with Gasteiger partial charge in [-0.15, -0.1) is 24.0 Å². The van der Waals surface area contributed by atoms with E-state index in [1.165, 1.54) is 0 Å². The minimum Gasteiger partial charge on any atom is -0.357 e. The van der Waals surface area contributed by atoms with Crippen LogP contribution >= 0.6 is 24.0 Å². The van der Waals surface area contributed by atoms with E-state index in [1.807, 2.05) is 50.9 Å². The first-order valence-electron chi connectivity index (χ1n) is 9.63. The summed E-state index contributed by atoms with van der Waals surface area (Å²) in [7, 11) is 1.86. The minimum absolute atomic E-state index is 0. The van der Waals surface area contributed by atoms with Crippen molar-refractivity contribution in [3.05, 3.63) is 35.9 Å². The maximum absolute atomic E-state index is 12.3. The predicted molar refractivity (Wildman–Crippen MR) is 125 cm³/mol. The van der Waals surface area contributed by atoms with Gasteiger partial charge >= 0.3 is 0 Å². The van der Waals surface area contributed by atoms with E-state index in [1.54, 1.807) is 17.0 Å². The average Bonchev–Trinajstić information content (AvgIpc) is 2.68. The van der Waals surface area contributed by atoms with Crippen molar-refractivity contribution in [2.75, 3.05) is 46.3 Å². The Labute approximate surface area is 186 Å². The van der Waals surface area contributed by atoms with Crippen molar-refractivity contribution in [3.63, 3.8) is 0 Å². The number of halogens is 1. The smallest absolute Gasteiger partial charge is 0.251 e. The summed E-state index contributed by atoms with van der Waals surface area (Å²) in [4.78, 5) is 32.5. The Morgan fingerprint density at radius 2 is 1.68 bits per heavy atom. The predicted octanol–water partition coefficient (Wildman–Crippen LogP) is 2.19. The summed E-state index contributed by atoms with van der Waals surface area (Å²) >= 11 is 0. The lowest BCUT2D eigenvalue weighted by Crippen LogP contribution is -2.45. The molecule has 1 rings (SSSR count). The van der Waals surface area contributed by atoms with Gasteiger partial charge in [0, 0.05) is 45.3 Å². The number of hydrogen-bond donors (Lipinski definition) is 2. The second-order valence-corrected chi connectivity index (χ2v) is 6.13. The SMILES string of the molecule is CCNC(=NCCCNC(=O)c1ccccc1)N(C)CC(=O)N(CC)CC.I. The molecule has 0 aliphatic heterocycles. The highest BCUT2D eigenvalue weighted by Crippen LogP contribution is 1.98. The normalized spacial score (nSPS) is 10.6. The summed E-state index contributed by atoms with van der Waals surface area (Å²) in [6.45, 7) is 9.51. The molecule has 0 aliphatic rings. The zero-order chi connectivity index (χ0) is 20.1. The molecular formula is C20H34IN5O2. The van der Waals surface area contributed by atoms with Gasteiger partial charge in [-0.25, -0.2) is 0 Å². The van der Waals surface area contributed by atoms with Gasteiger partial charge in [0.1, 0.15) is 0 Å². The molecule has 0 atom stereocenters. The third kappa shape index (κ3) is 9.38. The minimum atomic E-state index is -0.0755. The topological polar surface area (TPSA) is 77.0 Å². The number of amides is 2. The first-order chi connectivity index (χ1) is 13.0. The van der Waals surface area contributed by atoms with Gasteiger partial charge in [0.05, 0.1) is 6.54 Å². The largest absolute Gasteiger partial charge is 0.357 e. The van der Waals surface area contributed by atoms with Crippen LogP contribution in [0.4, 0.5) is 0 Å². The Hall–Kier alpha value is -1.84. The zero-order valence-corrected chi connectivity index (χ0v) is 19.7. The lowest BCUT2D eigenvalue weighted by molar-refractivity contribution is -0.131. The third-order valence-electron chi connectivity index (χ3n) is 4.10. The number of nitrogens with one attached hydrogen (secondary N) is 2. The molecule has 2 N–H and O–H groups in total. The number of guanidine groups is 1. The van der Waals surface area contributed by atoms with Gasteiger partial charge < -0.3 is 20.4 Å². The Morgan fingerprint density at radius 1 is 1.04 bits per heavy atom. The molecule has 28 heavy (non-hydrogen) atoms. The molecule has 0 spiro atoms. The van der Waals surface area contributed by atoms with Crippen LogP contribution in [0.5, 0.6) is 0 Å². The lowest BCUT2D eigenvalue weighted by Gasteiger charge is -2.25. The van der Waals surface area contributed by atoms with Crippen molar-refractivity contribution in [1.29, 1.82) is 0 Å². The quantitative estimate of drug-likeness (QED) is 0.222. The van der Waals surface area contributed by atoms with Crippen LogP contribution in [0.2, 0.25) is 0 Å². The van der Waals surface area contributed by atoms with Crippen LogP contribution in [0.3, 0.4) is 0 Å². The average molecular weight is 503 g/mol. The van der Waals surface area contributed by atoms with E-state index in [9.17, 15) is 9.59 Å². The van der Waals surface area contributed by atoms with Crippen molar-refractivity contribution < 1.29 is 9.59 Å². The fraction of sp³-hybridized carbons (Fsp3) is 0.550. The number of likely N-dealkylation sites (N-methyl/N-ethyl adjacent to an activating group) is 2. The van der Waals surface area contributed by atoms with Gasteiger partial charge in [0.25, 0.3) is 5.91 Å². The number of carbonyl (C=O) groups is 2. The molecule has 7 nitrogen and oxygen atoms in total. The highest BCUT2D eigenvalue weighted by atomic mass is 127.